The molecule has 4 nitrogen and oxygen atoms in total. The van der Waals surface area contributed by atoms with Crippen molar-refractivity contribution in [3.05, 3.63) is 24.4 Å². The first-order chi connectivity index (χ1) is 8.52. The van der Waals surface area contributed by atoms with Gasteiger partial charge < -0.3 is 9.80 Å². The van der Waals surface area contributed by atoms with E-state index in [2.05, 4.69) is 40.9 Å². The quantitative estimate of drug-likeness (QED) is 0.553. The highest BCUT2D eigenvalue weighted by atomic mass is 15.3. The van der Waals surface area contributed by atoms with Gasteiger partial charge in [0, 0.05) is 47.1 Å². The van der Waals surface area contributed by atoms with Crippen LogP contribution in [0.4, 0.5) is 0 Å². The zero-order valence-corrected chi connectivity index (χ0v) is 12.5. The van der Waals surface area contributed by atoms with E-state index in [-0.39, 0.29) is 0 Å². The first kappa shape index (κ1) is 16.4. The van der Waals surface area contributed by atoms with Gasteiger partial charge in [-0.25, -0.2) is 4.99 Å². The van der Waals surface area contributed by atoms with Crippen molar-refractivity contribution < 1.29 is 0 Å². The van der Waals surface area contributed by atoms with Gasteiger partial charge >= 0.3 is 0 Å². The Morgan fingerprint density at radius 3 is 2.39 bits per heavy atom. The molecule has 0 fully saturated rings. The van der Waals surface area contributed by atoms with Gasteiger partial charge in [0.25, 0.3) is 0 Å². The van der Waals surface area contributed by atoms with Crippen LogP contribution in [0.1, 0.15) is 13.8 Å². The number of hydrogen-bond donors (Lipinski definition) is 0. The van der Waals surface area contributed by atoms with Crippen molar-refractivity contribution in [1.29, 1.82) is 0 Å². The highest BCUT2D eigenvalue weighted by molar-refractivity contribution is 5.79. The molecule has 0 saturated heterocycles. The van der Waals surface area contributed by atoms with Crippen LogP contribution < -0.4 is 0 Å². The summed E-state index contributed by atoms with van der Waals surface area (Å²) in [4.78, 5) is 12.5. The first-order valence-electron chi connectivity index (χ1n) is 6.24. The molecule has 0 bridgehead atoms. The van der Waals surface area contributed by atoms with E-state index in [1.54, 1.807) is 13.3 Å². The normalized spacial score (nSPS) is 14.9. The second-order valence-corrected chi connectivity index (χ2v) is 4.33. The summed E-state index contributed by atoms with van der Waals surface area (Å²) < 4.78 is 0. The summed E-state index contributed by atoms with van der Waals surface area (Å²) in [5, 5.41) is 0. The summed E-state index contributed by atoms with van der Waals surface area (Å²) in [6, 6.07) is 0. The van der Waals surface area contributed by atoms with Crippen molar-refractivity contribution >= 4 is 12.2 Å². The lowest BCUT2D eigenvalue weighted by Crippen LogP contribution is -2.37. The fourth-order valence-corrected chi connectivity index (χ4v) is 1.32. The lowest BCUT2D eigenvalue weighted by Gasteiger charge is -2.24. The van der Waals surface area contributed by atoms with Crippen LogP contribution in [0.3, 0.4) is 0 Å². The van der Waals surface area contributed by atoms with Gasteiger partial charge in [-0.2, -0.15) is 0 Å². The average molecular weight is 250 g/mol. The second kappa shape index (κ2) is 9.45. The lowest BCUT2D eigenvalue weighted by molar-refractivity contribution is 0.441. The number of nitrogens with zero attached hydrogens (tertiary/aromatic N) is 4. The van der Waals surface area contributed by atoms with Gasteiger partial charge in [-0.1, -0.05) is 19.1 Å². The van der Waals surface area contributed by atoms with Crippen molar-refractivity contribution in [2.75, 3.05) is 34.7 Å². The topological polar surface area (TPSA) is 31.2 Å². The molecule has 102 valence electrons. The smallest absolute Gasteiger partial charge is 0.200 e. The fourth-order valence-electron chi connectivity index (χ4n) is 1.32. The Labute approximate surface area is 111 Å². The minimum absolute atomic E-state index is 0.349. The largest absolute Gasteiger partial charge is 0.349 e. The minimum atomic E-state index is 0.349. The van der Waals surface area contributed by atoms with E-state index in [1.165, 1.54) is 0 Å². The summed E-state index contributed by atoms with van der Waals surface area (Å²) >= 11 is 0. The molecule has 0 radical (unpaired) electrons. The van der Waals surface area contributed by atoms with Gasteiger partial charge in [-0.3, -0.25) is 4.99 Å². The molecule has 0 saturated carbocycles. The van der Waals surface area contributed by atoms with Crippen molar-refractivity contribution in [1.82, 2.24) is 9.80 Å². The molecule has 0 aromatic carbocycles. The number of guanidine groups is 1. The van der Waals surface area contributed by atoms with E-state index in [0.29, 0.717) is 5.92 Å². The summed E-state index contributed by atoms with van der Waals surface area (Å²) in [5.74, 6) is 1.31. The molecule has 1 atom stereocenters. The summed E-state index contributed by atoms with van der Waals surface area (Å²) in [7, 11) is 7.80. The molecule has 1 unspecified atom stereocenters. The molecule has 0 spiro atoms. The minimum Gasteiger partial charge on any atom is -0.349 e. The van der Waals surface area contributed by atoms with Gasteiger partial charge in [-0.15, -0.1) is 0 Å². The first-order valence-corrected chi connectivity index (χ1v) is 6.24. The zero-order valence-electron chi connectivity index (χ0n) is 12.5. The Morgan fingerprint density at radius 1 is 1.22 bits per heavy atom. The van der Waals surface area contributed by atoms with Crippen molar-refractivity contribution in [2.24, 2.45) is 15.9 Å². The van der Waals surface area contributed by atoms with Crippen LogP contribution in [-0.2, 0) is 0 Å². The Bertz CT molecular complexity index is 327. The molecular weight excluding hydrogens is 224 g/mol. The third-order valence-electron chi connectivity index (χ3n) is 2.45. The van der Waals surface area contributed by atoms with Gasteiger partial charge in [0.2, 0.25) is 0 Å². The number of aliphatic imine (C=N–C) groups is 2. The molecule has 0 amide bonds. The van der Waals surface area contributed by atoms with Gasteiger partial charge in [0.05, 0.1) is 0 Å². The summed E-state index contributed by atoms with van der Waals surface area (Å²) in [6.45, 7) is 5.16. The fraction of sp³-hybridized carbons (Fsp3) is 0.571. The van der Waals surface area contributed by atoms with Gasteiger partial charge in [0.15, 0.2) is 5.96 Å². The molecule has 0 aromatic heterocycles. The number of allylic oxidation sites excluding steroid dienone is 3. The zero-order chi connectivity index (χ0) is 14.0. The molecule has 18 heavy (non-hydrogen) atoms. The molecule has 4 heteroatoms. The molecule has 0 aliphatic rings. The Balaban J connectivity index is 4.56. The van der Waals surface area contributed by atoms with E-state index < -0.39 is 0 Å². The highest BCUT2D eigenvalue weighted by Gasteiger charge is 2.04. The van der Waals surface area contributed by atoms with Crippen molar-refractivity contribution in [2.45, 2.75) is 13.8 Å². The Morgan fingerprint density at radius 2 is 1.89 bits per heavy atom. The second-order valence-electron chi connectivity index (χ2n) is 4.33. The standard InChI is InChI=1S/C14H26N4/c1-7-18(6)14(17(4)5)16-12-10-13(2)9-8-11-15-3/h8-13H,7H2,1-6H3/b9-8-,12-10+,15-11-,16-14+. The van der Waals surface area contributed by atoms with Gasteiger partial charge in [0.1, 0.15) is 0 Å². The third-order valence-corrected chi connectivity index (χ3v) is 2.45. The van der Waals surface area contributed by atoms with Crippen LogP contribution in [0.5, 0.6) is 0 Å². The molecule has 0 heterocycles. The maximum Gasteiger partial charge on any atom is 0.200 e. The molecule has 0 aliphatic carbocycles. The molecule has 0 aliphatic heterocycles. The van der Waals surface area contributed by atoms with E-state index in [4.69, 9.17) is 0 Å². The highest BCUT2D eigenvalue weighted by Crippen LogP contribution is 2.00. The van der Waals surface area contributed by atoms with E-state index >= 15 is 0 Å². The van der Waals surface area contributed by atoms with E-state index in [0.717, 1.165) is 12.5 Å². The van der Waals surface area contributed by atoms with Crippen LogP contribution in [0, 0.1) is 5.92 Å². The van der Waals surface area contributed by atoms with Gasteiger partial charge in [-0.05, 0) is 18.9 Å². The Kier molecular flexibility index (Phi) is 8.62. The molecule has 0 N–H and O–H groups in total. The predicted molar refractivity (Wildman–Crippen MR) is 81.3 cm³/mol. The lowest BCUT2D eigenvalue weighted by atomic mass is 10.1. The van der Waals surface area contributed by atoms with Crippen molar-refractivity contribution in [3.8, 4) is 0 Å². The number of hydrogen-bond acceptors (Lipinski definition) is 2. The average Bonchev–Trinajstić information content (AvgIpc) is 2.33. The third kappa shape index (κ3) is 6.89. The van der Waals surface area contributed by atoms with E-state index in [9.17, 15) is 0 Å². The Hall–Kier alpha value is -1.58. The van der Waals surface area contributed by atoms with Crippen LogP contribution in [0.15, 0.2) is 34.4 Å². The van der Waals surface area contributed by atoms with E-state index in [1.807, 2.05) is 38.3 Å². The molecular formula is C14H26N4. The summed E-state index contributed by atoms with van der Waals surface area (Å²) in [5.41, 5.74) is 0. The van der Waals surface area contributed by atoms with Crippen LogP contribution in [0.25, 0.3) is 0 Å². The number of rotatable bonds is 5. The predicted octanol–water partition coefficient (Wildman–Crippen LogP) is 2.26. The maximum atomic E-state index is 4.48. The summed E-state index contributed by atoms with van der Waals surface area (Å²) in [6.07, 6.45) is 9.73. The van der Waals surface area contributed by atoms with Crippen LogP contribution in [-0.4, -0.2) is 56.7 Å². The van der Waals surface area contributed by atoms with Crippen LogP contribution in [0.2, 0.25) is 0 Å². The van der Waals surface area contributed by atoms with Crippen LogP contribution >= 0.6 is 0 Å². The van der Waals surface area contributed by atoms with Crippen molar-refractivity contribution in [3.63, 3.8) is 0 Å². The monoisotopic (exact) mass is 250 g/mol. The molecule has 0 aromatic rings. The SMILES string of the molecule is CCN(C)/C(=N/C=C/C(C)/C=C\C=N/C)N(C)C. The maximum absolute atomic E-state index is 4.48. The molecule has 0 rings (SSSR count).